The summed E-state index contributed by atoms with van der Waals surface area (Å²) in [4.78, 5) is 0. The van der Waals surface area contributed by atoms with E-state index >= 15 is 0 Å². The maximum Gasteiger partial charge on any atom is 0.0569 e. The highest BCUT2D eigenvalue weighted by molar-refractivity contribution is 9.10. The Balaban J connectivity index is 2.53. The zero-order chi connectivity index (χ0) is 11.3. The minimum atomic E-state index is 0.240. The highest BCUT2D eigenvalue weighted by Crippen LogP contribution is 2.30. The van der Waals surface area contributed by atoms with Gasteiger partial charge in [0.15, 0.2) is 0 Å². The first-order valence-electron chi connectivity index (χ1n) is 4.98. The summed E-state index contributed by atoms with van der Waals surface area (Å²) in [7, 11) is 0. The van der Waals surface area contributed by atoms with Crippen LogP contribution in [0.15, 0.2) is 15.2 Å². The standard InChI is InChI=1S/C10H17BrN2S2/c1-3-7(2)15-6-10(13-12)8-4-14-5-9(8)11/h4-5,7,10,13H,3,6,12H2,1-2H3. The third-order valence-electron chi connectivity index (χ3n) is 2.34. The van der Waals surface area contributed by atoms with Crippen LogP contribution in [0.5, 0.6) is 0 Å². The first kappa shape index (κ1) is 13.5. The summed E-state index contributed by atoms with van der Waals surface area (Å²) in [5.74, 6) is 6.60. The van der Waals surface area contributed by atoms with Gasteiger partial charge in [0.1, 0.15) is 0 Å². The average Bonchev–Trinajstić information content (AvgIpc) is 2.65. The molecule has 0 spiro atoms. The predicted octanol–water partition coefficient (Wildman–Crippen LogP) is 3.55. The molecule has 0 radical (unpaired) electrons. The normalized spacial score (nSPS) is 15.2. The van der Waals surface area contributed by atoms with Crippen LogP contribution < -0.4 is 11.3 Å². The molecule has 0 amide bonds. The number of thiophene rings is 1. The third-order valence-corrected chi connectivity index (χ3v) is 5.52. The van der Waals surface area contributed by atoms with Gasteiger partial charge in [-0.1, -0.05) is 13.8 Å². The molecule has 1 rings (SSSR count). The highest BCUT2D eigenvalue weighted by Gasteiger charge is 2.14. The smallest absolute Gasteiger partial charge is 0.0569 e. The molecule has 5 heteroatoms. The first-order chi connectivity index (χ1) is 7.19. The highest BCUT2D eigenvalue weighted by atomic mass is 79.9. The minimum Gasteiger partial charge on any atom is -0.271 e. The molecule has 1 heterocycles. The zero-order valence-corrected chi connectivity index (χ0v) is 12.2. The van der Waals surface area contributed by atoms with Crippen LogP contribution in [0.3, 0.4) is 0 Å². The largest absolute Gasteiger partial charge is 0.271 e. The van der Waals surface area contributed by atoms with Crippen LogP contribution in [-0.2, 0) is 0 Å². The zero-order valence-electron chi connectivity index (χ0n) is 9.00. The molecule has 0 aliphatic rings. The van der Waals surface area contributed by atoms with Gasteiger partial charge in [-0.05, 0) is 33.3 Å². The van der Waals surface area contributed by atoms with Crippen LogP contribution >= 0.6 is 39.0 Å². The van der Waals surface area contributed by atoms with E-state index in [4.69, 9.17) is 5.84 Å². The second-order valence-electron chi connectivity index (χ2n) is 3.45. The number of halogens is 1. The van der Waals surface area contributed by atoms with Crippen LogP contribution in [-0.4, -0.2) is 11.0 Å². The molecule has 2 unspecified atom stereocenters. The number of hydrazine groups is 1. The second-order valence-corrected chi connectivity index (χ2v) is 6.52. The molecule has 15 heavy (non-hydrogen) atoms. The molecule has 2 nitrogen and oxygen atoms in total. The van der Waals surface area contributed by atoms with Gasteiger partial charge in [-0.3, -0.25) is 11.3 Å². The van der Waals surface area contributed by atoms with Gasteiger partial charge in [0, 0.05) is 20.9 Å². The van der Waals surface area contributed by atoms with E-state index in [1.165, 1.54) is 12.0 Å². The van der Waals surface area contributed by atoms with Gasteiger partial charge in [-0.25, -0.2) is 0 Å². The maximum atomic E-state index is 5.58. The van der Waals surface area contributed by atoms with Crippen molar-refractivity contribution < 1.29 is 0 Å². The summed E-state index contributed by atoms with van der Waals surface area (Å²) in [6.07, 6.45) is 1.20. The van der Waals surface area contributed by atoms with Crippen molar-refractivity contribution >= 4 is 39.0 Å². The molecule has 2 atom stereocenters. The molecule has 0 aliphatic heterocycles. The van der Waals surface area contributed by atoms with Crippen LogP contribution in [0, 0.1) is 0 Å². The van der Waals surface area contributed by atoms with Crippen molar-refractivity contribution in [2.24, 2.45) is 5.84 Å². The molecule has 0 aliphatic carbocycles. The lowest BCUT2D eigenvalue weighted by Gasteiger charge is -2.17. The second kappa shape index (κ2) is 6.91. The Bertz CT molecular complexity index is 291. The Morgan fingerprint density at radius 2 is 2.33 bits per heavy atom. The van der Waals surface area contributed by atoms with Crippen molar-refractivity contribution in [3.8, 4) is 0 Å². The Morgan fingerprint density at radius 1 is 1.60 bits per heavy atom. The van der Waals surface area contributed by atoms with E-state index in [1.807, 2.05) is 11.8 Å². The summed E-state index contributed by atoms with van der Waals surface area (Å²) in [6.45, 7) is 4.46. The van der Waals surface area contributed by atoms with E-state index in [9.17, 15) is 0 Å². The van der Waals surface area contributed by atoms with Gasteiger partial charge in [0.05, 0.1) is 6.04 Å². The molecule has 3 N–H and O–H groups in total. The predicted molar refractivity (Wildman–Crippen MR) is 74.3 cm³/mol. The van der Waals surface area contributed by atoms with E-state index < -0.39 is 0 Å². The van der Waals surface area contributed by atoms with Gasteiger partial charge < -0.3 is 0 Å². The summed E-state index contributed by atoms with van der Waals surface area (Å²) >= 11 is 7.19. The lowest BCUT2D eigenvalue weighted by Crippen LogP contribution is -2.30. The fraction of sp³-hybridized carbons (Fsp3) is 0.600. The van der Waals surface area contributed by atoms with Crippen LogP contribution in [0.25, 0.3) is 0 Å². The fourth-order valence-corrected chi connectivity index (χ4v) is 3.81. The minimum absolute atomic E-state index is 0.240. The Hall–Kier alpha value is 0.450. The molecule has 86 valence electrons. The van der Waals surface area contributed by atoms with Gasteiger partial charge in [0.25, 0.3) is 0 Å². The molecular formula is C10H17BrN2S2. The van der Waals surface area contributed by atoms with E-state index in [1.54, 1.807) is 11.3 Å². The van der Waals surface area contributed by atoms with Crippen molar-refractivity contribution in [1.29, 1.82) is 0 Å². The summed E-state index contributed by atoms with van der Waals surface area (Å²) in [5, 5.41) is 4.93. The Labute approximate surface area is 108 Å². The maximum absolute atomic E-state index is 5.58. The van der Waals surface area contributed by atoms with Gasteiger partial charge in [0.2, 0.25) is 0 Å². The molecule has 1 aromatic heterocycles. The van der Waals surface area contributed by atoms with Crippen molar-refractivity contribution in [2.75, 3.05) is 5.75 Å². The quantitative estimate of drug-likeness (QED) is 0.623. The average molecular weight is 309 g/mol. The van der Waals surface area contributed by atoms with E-state index in [0.717, 1.165) is 10.2 Å². The van der Waals surface area contributed by atoms with Crippen molar-refractivity contribution in [3.05, 3.63) is 20.8 Å². The van der Waals surface area contributed by atoms with Gasteiger partial charge >= 0.3 is 0 Å². The molecule has 0 aromatic carbocycles. The van der Waals surface area contributed by atoms with Crippen molar-refractivity contribution in [1.82, 2.24) is 5.43 Å². The fourth-order valence-electron chi connectivity index (χ4n) is 1.15. The van der Waals surface area contributed by atoms with Gasteiger partial charge in [-0.2, -0.15) is 23.1 Å². The summed E-state index contributed by atoms with van der Waals surface area (Å²) in [6, 6.07) is 0.240. The summed E-state index contributed by atoms with van der Waals surface area (Å²) < 4.78 is 1.15. The molecule has 0 saturated heterocycles. The summed E-state index contributed by atoms with van der Waals surface area (Å²) in [5.41, 5.74) is 4.14. The number of nitrogens with one attached hydrogen (secondary N) is 1. The lowest BCUT2D eigenvalue weighted by molar-refractivity contribution is 0.609. The van der Waals surface area contributed by atoms with Gasteiger partial charge in [-0.15, -0.1) is 0 Å². The van der Waals surface area contributed by atoms with Crippen LogP contribution in [0.2, 0.25) is 0 Å². The number of hydrogen-bond donors (Lipinski definition) is 2. The topological polar surface area (TPSA) is 38.0 Å². The third kappa shape index (κ3) is 4.07. The van der Waals surface area contributed by atoms with Crippen molar-refractivity contribution in [3.63, 3.8) is 0 Å². The monoisotopic (exact) mass is 308 g/mol. The molecule has 1 aromatic rings. The Morgan fingerprint density at radius 3 is 2.80 bits per heavy atom. The number of rotatable bonds is 6. The van der Waals surface area contributed by atoms with Crippen molar-refractivity contribution in [2.45, 2.75) is 31.6 Å². The molecular weight excluding hydrogens is 292 g/mol. The molecule has 0 bridgehead atoms. The number of hydrogen-bond acceptors (Lipinski definition) is 4. The van der Waals surface area contributed by atoms with E-state index in [2.05, 4.69) is 46.0 Å². The first-order valence-corrected chi connectivity index (χ1v) is 7.76. The molecule has 0 fully saturated rings. The lowest BCUT2D eigenvalue weighted by atomic mass is 10.2. The number of nitrogens with two attached hydrogens (primary N) is 1. The molecule has 0 saturated carbocycles. The SMILES string of the molecule is CCC(C)SCC(NN)c1cscc1Br. The number of thioether (sulfide) groups is 1. The van der Waals surface area contributed by atoms with Crippen LogP contribution in [0.4, 0.5) is 0 Å². The Kier molecular flexibility index (Phi) is 6.23. The van der Waals surface area contributed by atoms with E-state index in [-0.39, 0.29) is 6.04 Å². The van der Waals surface area contributed by atoms with E-state index in [0.29, 0.717) is 5.25 Å². The van der Waals surface area contributed by atoms with Crippen LogP contribution in [0.1, 0.15) is 31.9 Å².